The zero-order valence-electron chi connectivity index (χ0n) is 15.2. The van der Waals surface area contributed by atoms with Crippen molar-refractivity contribution in [3.05, 3.63) is 58.6 Å². The number of carbonyl (C=O) groups is 1. The molecule has 0 aliphatic rings. The molecule has 0 radical (unpaired) electrons. The third-order valence-corrected chi connectivity index (χ3v) is 4.99. The van der Waals surface area contributed by atoms with Gasteiger partial charge in [-0.25, -0.2) is 8.42 Å². The minimum Gasteiger partial charge on any atom is -0.492 e. The molecule has 2 rings (SSSR count). The lowest BCUT2D eigenvalue weighted by molar-refractivity contribution is -0.121. The van der Waals surface area contributed by atoms with Crippen LogP contribution in [0.2, 0.25) is 0 Å². The molecule has 27 heavy (non-hydrogen) atoms. The average molecular weight is 455 g/mol. The molecule has 8 heteroatoms. The molecule has 0 saturated heterocycles. The van der Waals surface area contributed by atoms with Gasteiger partial charge < -0.3 is 10.1 Å². The highest BCUT2D eigenvalue weighted by Gasteiger charge is 2.15. The van der Waals surface area contributed by atoms with Gasteiger partial charge in [0.15, 0.2) is 0 Å². The number of benzene rings is 2. The highest BCUT2D eigenvalue weighted by atomic mass is 79.9. The maximum atomic E-state index is 12.2. The number of nitrogens with one attached hydrogen (secondary N) is 2. The number of hydrogen-bond donors (Lipinski definition) is 2. The lowest BCUT2D eigenvalue weighted by Gasteiger charge is -2.18. The maximum absolute atomic E-state index is 12.2. The van der Waals surface area contributed by atoms with Gasteiger partial charge in [-0.05, 0) is 53.0 Å². The molecule has 0 spiro atoms. The van der Waals surface area contributed by atoms with E-state index in [1.807, 2.05) is 31.2 Å². The Balaban J connectivity index is 1.84. The molecule has 1 unspecified atom stereocenters. The lowest BCUT2D eigenvalue weighted by Crippen LogP contribution is -2.27. The third kappa shape index (κ3) is 7.22. The van der Waals surface area contributed by atoms with E-state index < -0.39 is 10.0 Å². The Hall–Kier alpha value is -2.06. The van der Waals surface area contributed by atoms with Crippen molar-refractivity contribution in [3.8, 4) is 5.75 Å². The lowest BCUT2D eigenvalue weighted by atomic mass is 10.1. The number of rotatable bonds is 9. The van der Waals surface area contributed by atoms with Crippen molar-refractivity contribution in [1.82, 2.24) is 5.32 Å². The number of anilines is 1. The smallest absolute Gasteiger partial charge is 0.229 e. The highest BCUT2D eigenvalue weighted by molar-refractivity contribution is 9.10. The SMILES string of the molecule is CC(NC(=O)CCCOc1ccccc1Br)c1ccccc1NS(C)(=O)=O. The van der Waals surface area contributed by atoms with Crippen LogP contribution in [0.3, 0.4) is 0 Å². The molecule has 146 valence electrons. The standard InChI is InChI=1S/C19H23BrN2O4S/c1-14(15-8-3-5-10-17(15)22-27(2,24)25)21-19(23)12-7-13-26-18-11-6-4-9-16(18)20/h3-6,8-11,14,22H,7,12-13H2,1-2H3,(H,21,23). The molecule has 0 aromatic heterocycles. The van der Waals surface area contributed by atoms with E-state index in [0.29, 0.717) is 30.7 Å². The third-order valence-electron chi connectivity index (χ3n) is 3.74. The normalized spacial score (nSPS) is 12.3. The molecule has 0 aliphatic carbocycles. The number of halogens is 1. The number of amides is 1. The molecule has 0 fully saturated rings. The summed E-state index contributed by atoms with van der Waals surface area (Å²) in [7, 11) is -3.39. The Morgan fingerprint density at radius 1 is 1.15 bits per heavy atom. The Labute approximate surface area is 168 Å². The summed E-state index contributed by atoms with van der Waals surface area (Å²) in [6.07, 6.45) is 1.98. The van der Waals surface area contributed by atoms with Crippen LogP contribution in [0.4, 0.5) is 5.69 Å². The summed E-state index contributed by atoms with van der Waals surface area (Å²) in [6, 6.07) is 14.2. The molecule has 2 aromatic rings. The van der Waals surface area contributed by atoms with Crippen LogP contribution in [0.25, 0.3) is 0 Å². The number of para-hydroxylation sites is 2. The number of sulfonamides is 1. The molecule has 2 aromatic carbocycles. The molecular formula is C19H23BrN2O4S. The summed E-state index contributed by atoms with van der Waals surface area (Å²) in [6.45, 7) is 2.24. The van der Waals surface area contributed by atoms with Gasteiger partial charge in [-0.1, -0.05) is 30.3 Å². The molecular weight excluding hydrogens is 432 g/mol. The summed E-state index contributed by atoms with van der Waals surface area (Å²) in [5.41, 5.74) is 1.17. The van der Waals surface area contributed by atoms with Crippen molar-refractivity contribution >= 4 is 37.5 Å². The van der Waals surface area contributed by atoms with Crippen LogP contribution in [-0.2, 0) is 14.8 Å². The second kappa shape index (κ2) is 9.75. The predicted octanol–water partition coefficient (Wildman–Crippen LogP) is 3.86. The first-order valence-electron chi connectivity index (χ1n) is 8.49. The van der Waals surface area contributed by atoms with E-state index in [1.54, 1.807) is 24.3 Å². The van der Waals surface area contributed by atoms with Crippen LogP contribution >= 0.6 is 15.9 Å². The summed E-state index contributed by atoms with van der Waals surface area (Å²) in [5, 5.41) is 2.89. The van der Waals surface area contributed by atoms with Gasteiger partial charge in [0.05, 0.1) is 29.1 Å². The summed E-state index contributed by atoms with van der Waals surface area (Å²) < 4.78 is 32.0. The van der Waals surface area contributed by atoms with E-state index in [-0.39, 0.29) is 11.9 Å². The summed E-state index contributed by atoms with van der Waals surface area (Å²) in [5.74, 6) is 0.624. The number of hydrogen-bond acceptors (Lipinski definition) is 4. The van der Waals surface area contributed by atoms with Crippen molar-refractivity contribution in [2.45, 2.75) is 25.8 Å². The Morgan fingerprint density at radius 3 is 2.52 bits per heavy atom. The van der Waals surface area contributed by atoms with Crippen molar-refractivity contribution in [2.24, 2.45) is 0 Å². The second-order valence-corrected chi connectivity index (χ2v) is 8.74. The first-order valence-corrected chi connectivity index (χ1v) is 11.2. The van der Waals surface area contributed by atoms with Gasteiger partial charge in [0.25, 0.3) is 0 Å². The van der Waals surface area contributed by atoms with E-state index in [0.717, 1.165) is 16.5 Å². The average Bonchev–Trinajstić information content (AvgIpc) is 2.59. The highest BCUT2D eigenvalue weighted by Crippen LogP contribution is 2.25. The zero-order chi connectivity index (χ0) is 19.9. The number of ether oxygens (including phenoxy) is 1. The predicted molar refractivity (Wildman–Crippen MR) is 110 cm³/mol. The van der Waals surface area contributed by atoms with E-state index >= 15 is 0 Å². The summed E-state index contributed by atoms with van der Waals surface area (Å²) in [4.78, 5) is 12.2. The van der Waals surface area contributed by atoms with Crippen LogP contribution in [0.1, 0.15) is 31.4 Å². The van der Waals surface area contributed by atoms with E-state index in [9.17, 15) is 13.2 Å². The molecule has 0 saturated carbocycles. The van der Waals surface area contributed by atoms with Crippen molar-refractivity contribution in [1.29, 1.82) is 0 Å². The first kappa shape index (κ1) is 21.2. The minimum absolute atomic E-state index is 0.118. The van der Waals surface area contributed by atoms with Crippen LogP contribution in [0, 0.1) is 0 Å². The zero-order valence-corrected chi connectivity index (χ0v) is 17.6. The van der Waals surface area contributed by atoms with Gasteiger partial charge in [0, 0.05) is 6.42 Å². The molecule has 0 heterocycles. The first-order chi connectivity index (χ1) is 12.8. The van der Waals surface area contributed by atoms with Gasteiger partial charge in [0.1, 0.15) is 5.75 Å². The van der Waals surface area contributed by atoms with Crippen LogP contribution < -0.4 is 14.8 Å². The molecule has 6 nitrogen and oxygen atoms in total. The van der Waals surface area contributed by atoms with Crippen molar-refractivity contribution in [3.63, 3.8) is 0 Å². The topological polar surface area (TPSA) is 84.5 Å². The van der Waals surface area contributed by atoms with Crippen LogP contribution in [0.15, 0.2) is 53.0 Å². The largest absolute Gasteiger partial charge is 0.492 e. The fraction of sp³-hybridized carbons (Fsp3) is 0.316. The van der Waals surface area contributed by atoms with Gasteiger partial charge in [0.2, 0.25) is 15.9 Å². The Morgan fingerprint density at radius 2 is 1.81 bits per heavy atom. The Bertz CT molecular complexity index is 887. The van der Waals surface area contributed by atoms with Crippen molar-refractivity contribution < 1.29 is 17.9 Å². The molecule has 1 amide bonds. The fourth-order valence-electron chi connectivity index (χ4n) is 2.54. The summed E-state index contributed by atoms with van der Waals surface area (Å²) >= 11 is 3.41. The van der Waals surface area contributed by atoms with E-state index in [2.05, 4.69) is 26.0 Å². The molecule has 0 aliphatic heterocycles. The number of carbonyl (C=O) groups excluding carboxylic acids is 1. The Kier molecular flexibility index (Phi) is 7.67. The van der Waals surface area contributed by atoms with Gasteiger partial charge >= 0.3 is 0 Å². The molecule has 2 N–H and O–H groups in total. The monoisotopic (exact) mass is 454 g/mol. The molecule has 1 atom stereocenters. The maximum Gasteiger partial charge on any atom is 0.229 e. The van der Waals surface area contributed by atoms with Crippen molar-refractivity contribution in [2.75, 3.05) is 17.6 Å². The quantitative estimate of drug-likeness (QED) is 0.563. The second-order valence-electron chi connectivity index (χ2n) is 6.13. The van der Waals surface area contributed by atoms with Crippen LogP contribution in [0.5, 0.6) is 5.75 Å². The fourth-order valence-corrected chi connectivity index (χ4v) is 3.52. The van der Waals surface area contributed by atoms with E-state index in [1.165, 1.54) is 0 Å². The molecule has 0 bridgehead atoms. The minimum atomic E-state index is -3.39. The van der Waals surface area contributed by atoms with Gasteiger partial charge in [-0.15, -0.1) is 0 Å². The van der Waals surface area contributed by atoms with E-state index in [4.69, 9.17) is 4.74 Å². The van der Waals surface area contributed by atoms with Gasteiger partial charge in [-0.3, -0.25) is 9.52 Å². The van der Waals surface area contributed by atoms with Crippen LogP contribution in [-0.4, -0.2) is 27.2 Å². The van der Waals surface area contributed by atoms with Gasteiger partial charge in [-0.2, -0.15) is 0 Å².